The molecule has 1 fully saturated rings. The number of halogens is 3. The number of benzene rings is 1. The Balaban J connectivity index is 1.52. The molecule has 1 atom stereocenters. The number of likely N-dealkylation sites (tertiary alicyclic amines) is 1. The van der Waals surface area contributed by atoms with Crippen molar-refractivity contribution in [1.82, 2.24) is 24.4 Å². The Morgan fingerprint density at radius 2 is 1.92 bits per heavy atom. The largest absolute Gasteiger partial charge is 0.444 e. The van der Waals surface area contributed by atoms with Crippen LogP contribution in [0.1, 0.15) is 46.6 Å². The molecule has 0 bridgehead atoms. The summed E-state index contributed by atoms with van der Waals surface area (Å²) < 4.78 is 57.1. The van der Waals surface area contributed by atoms with Gasteiger partial charge in [-0.15, -0.1) is 11.3 Å². The number of nitrogens with one attached hydrogen (secondary N) is 1. The van der Waals surface area contributed by atoms with Gasteiger partial charge in [0.15, 0.2) is 0 Å². The Hall–Kier alpha value is -3.49. The second-order valence-electron chi connectivity index (χ2n) is 15.5. The first-order chi connectivity index (χ1) is 22.3. The molecule has 4 heterocycles. The fourth-order valence-corrected chi connectivity index (χ4v) is 7.27. The van der Waals surface area contributed by atoms with Crippen molar-refractivity contribution in [2.45, 2.75) is 91.3 Å². The lowest BCUT2D eigenvalue weighted by atomic mass is 9.82. The van der Waals surface area contributed by atoms with E-state index in [1.165, 1.54) is 11.3 Å². The number of amides is 1. The van der Waals surface area contributed by atoms with Gasteiger partial charge in [-0.05, 0) is 44.7 Å². The SMILES string of the molecule is CC1(C)C[C@H](Nc2ncc(C(F)(F)F)c(-c3cn(COCC[Si](C)(C)C)c4cc(-c5nccs5)ccc34)n2)CN(C(=O)OC(C)(C)C)C1. The zero-order valence-corrected chi connectivity index (χ0v) is 30.7. The van der Waals surface area contributed by atoms with E-state index in [0.717, 1.165) is 22.8 Å². The molecule has 0 radical (unpaired) electrons. The predicted octanol–water partition coefficient (Wildman–Crippen LogP) is 9.00. The molecule has 1 aliphatic heterocycles. The van der Waals surface area contributed by atoms with Crippen LogP contribution < -0.4 is 5.32 Å². The summed E-state index contributed by atoms with van der Waals surface area (Å²) in [6.45, 7) is 17.8. The molecule has 14 heteroatoms. The lowest BCUT2D eigenvalue weighted by Crippen LogP contribution is -2.53. The molecule has 1 aliphatic rings. The average Bonchev–Trinajstić information content (AvgIpc) is 3.61. The van der Waals surface area contributed by atoms with Crippen molar-refractivity contribution in [2.24, 2.45) is 5.41 Å². The number of thiazole rings is 1. The molecule has 3 aromatic heterocycles. The number of hydrogen-bond acceptors (Lipinski definition) is 8. The van der Waals surface area contributed by atoms with Crippen LogP contribution in [0.3, 0.4) is 0 Å². The van der Waals surface area contributed by atoms with Crippen LogP contribution in [0.4, 0.5) is 23.9 Å². The molecular weight excluding hydrogens is 658 g/mol. The van der Waals surface area contributed by atoms with Crippen molar-refractivity contribution in [3.63, 3.8) is 0 Å². The summed E-state index contributed by atoms with van der Waals surface area (Å²) in [6.07, 6.45) is -0.244. The van der Waals surface area contributed by atoms with Crippen LogP contribution in [0.5, 0.6) is 0 Å². The summed E-state index contributed by atoms with van der Waals surface area (Å²) in [5, 5.41) is 6.54. The molecule has 1 saturated heterocycles. The lowest BCUT2D eigenvalue weighted by molar-refractivity contribution is -0.137. The summed E-state index contributed by atoms with van der Waals surface area (Å²) in [5.41, 5.74) is -0.203. The number of nitrogens with zero attached hydrogens (tertiary/aromatic N) is 5. The third-order valence-electron chi connectivity index (χ3n) is 7.98. The van der Waals surface area contributed by atoms with Gasteiger partial charge in [-0.2, -0.15) is 13.2 Å². The smallest absolute Gasteiger partial charge is 0.419 e. The van der Waals surface area contributed by atoms with E-state index in [1.54, 1.807) is 17.3 Å². The van der Waals surface area contributed by atoms with Crippen molar-refractivity contribution in [3.8, 4) is 21.8 Å². The van der Waals surface area contributed by atoms with Gasteiger partial charge in [0, 0.05) is 74.3 Å². The summed E-state index contributed by atoms with van der Waals surface area (Å²) in [5.74, 6) is 0.0523. The summed E-state index contributed by atoms with van der Waals surface area (Å²) in [7, 11) is -1.34. The normalized spacial score (nSPS) is 17.1. The highest BCUT2D eigenvalue weighted by Crippen LogP contribution is 2.41. The van der Waals surface area contributed by atoms with Crippen molar-refractivity contribution in [3.05, 3.63) is 47.7 Å². The first-order valence-corrected chi connectivity index (χ1v) is 20.7. The number of fused-ring (bicyclic) bond motifs is 1. The van der Waals surface area contributed by atoms with Crippen molar-refractivity contribution in [2.75, 3.05) is 25.0 Å². The number of carbonyl (C=O) groups excluding carboxylic acids is 1. The average molecular weight is 703 g/mol. The minimum Gasteiger partial charge on any atom is -0.444 e. The zero-order chi connectivity index (χ0) is 35.1. The molecule has 48 heavy (non-hydrogen) atoms. The number of alkyl halides is 3. The van der Waals surface area contributed by atoms with E-state index in [9.17, 15) is 18.0 Å². The van der Waals surface area contributed by atoms with Crippen LogP contribution in [0.15, 0.2) is 42.2 Å². The van der Waals surface area contributed by atoms with Gasteiger partial charge in [0.25, 0.3) is 0 Å². The van der Waals surface area contributed by atoms with Gasteiger partial charge < -0.3 is 24.3 Å². The molecule has 0 aliphatic carbocycles. The minimum absolute atomic E-state index is 0.0523. The Morgan fingerprint density at radius 3 is 2.56 bits per heavy atom. The van der Waals surface area contributed by atoms with Crippen LogP contribution >= 0.6 is 11.3 Å². The number of rotatable bonds is 9. The van der Waals surface area contributed by atoms with E-state index >= 15 is 0 Å². The number of ether oxygens (including phenoxy) is 2. The van der Waals surface area contributed by atoms with E-state index in [4.69, 9.17) is 9.47 Å². The van der Waals surface area contributed by atoms with Crippen molar-refractivity contribution in [1.29, 1.82) is 0 Å². The molecule has 0 spiro atoms. The first kappa shape index (κ1) is 35.8. The third-order valence-corrected chi connectivity index (χ3v) is 10.5. The van der Waals surface area contributed by atoms with Gasteiger partial charge in [0.1, 0.15) is 22.9 Å². The van der Waals surface area contributed by atoms with E-state index < -0.39 is 31.5 Å². The van der Waals surface area contributed by atoms with E-state index in [2.05, 4.69) is 39.9 Å². The summed E-state index contributed by atoms with van der Waals surface area (Å²) in [6, 6.07) is 6.27. The van der Waals surface area contributed by atoms with E-state index in [-0.39, 0.29) is 29.8 Å². The number of carbonyl (C=O) groups is 1. The second kappa shape index (κ2) is 13.4. The standard InChI is InChI=1S/C34H45F3N6O3SSi/c1-32(2,3)46-31(44)42-18-23(16-33(4,5)20-42)40-30-39-17-26(34(35,36)37)28(41-30)25-19-43(21-45-12-14-48(6,7)8)27-15-22(9-10-24(25)27)29-38-11-13-47-29/h9-11,13,15,17,19,23H,12,14,16,18,20-21H2,1-8H3,(H,39,40,41)/t23-/m0/s1. The molecule has 4 aromatic rings. The fraction of sp³-hybridized carbons (Fsp3) is 0.529. The van der Waals surface area contributed by atoms with Crippen molar-refractivity contribution < 1.29 is 27.4 Å². The molecule has 1 amide bonds. The maximum Gasteiger partial charge on any atom is 0.419 e. The Morgan fingerprint density at radius 1 is 1.17 bits per heavy atom. The number of aromatic nitrogens is 4. The molecular formula is C34H45F3N6O3SSi. The number of piperidine rings is 1. The molecule has 0 unspecified atom stereocenters. The first-order valence-electron chi connectivity index (χ1n) is 16.1. The molecule has 0 saturated carbocycles. The van der Waals surface area contributed by atoms with Crippen LogP contribution in [0, 0.1) is 5.41 Å². The van der Waals surface area contributed by atoms with Crippen LogP contribution in [0.2, 0.25) is 25.7 Å². The molecule has 5 rings (SSSR count). The zero-order valence-electron chi connectivity index (χ0n) is 28.9. The van der Waals surface area contributed by atoms with Crippen LogP contribution in [-0.2, 0) is 22.4 Å². The number of anilines is 1. The second-order valence-corrected chi connectivity index (χ2v) is 22.0. The van der Waals surface area contributed by atoms with Gasteiger partial charge in [-0.25, -0.2) is 19.7 Å². The molecule has 260 valence electrons. The Labute approximate surface area is 284 Å². The highest BCUT2D eigenvalue weighted by Gasteiger charge is 2.39. The van der Waals surface area contributed by atoms with Gasteiger partial charge in [0.2, 0.25) is 5.95 Å². The van der Waals surface area contributed by atoms with E-state index in [0.29, 0.717) is 42.6 Å². The number of hydrogen-bond donors (Lipinski definition) is 1. The van der Waals surface area contributed by atoms with Gasteiger partial charge in [0.05, 0.1) is 11.2 Å². The fourth-order valence-electron chi connectivity index (χ4n) is 5.88. The maximum atomic E-state index is 14.5. The predicted molar refractivity (Wildman–Crippen MR) is 187 cm³/mol. The Bertz CT molecular complexity index is 1750. The Kier molecular flexibility index (Phi) is 10.0. The lowest BCUT2D eigenvalue weighted by Gasteiger charge is -2.42. The highest BCUT2D eigenvalue weighted by atomic mass is 32.1. The monoisotopic (exact) mass is 702 g/mol. The van der Waals surface area contributed by atoms with Gasteiger partial charge in [-0.1, -0.05) is 45.6 Å². The van der Waals surface area contributed by atoms with Gasteiger partial charge >= 0.3 is 12.3 Å². The van der Waals surface area contributed by atoms with E-state index in [1.807, 2.05) is 62.8 Å². The summed E-state index contributed by atoms with van der Waals surface area (Å²) in [4.78, 5) is 27.6. The quantitative estimate of drug-likeness (QED) is 0.137. The highest BCUT2D eigenvalue weighted by molar-refractivity contribution is 7.13. The van der Waals surface area contributed by atoms with Crippen molar-refractivity contribution >= 4 is 42.4 Å². The minimum atomic E-state index is -4.70. The molecule has 1 N–H and O–H groups in total. The topological polar surface area (TPSA) is 94.4 Å². The third kappa shape index (κ3) is 8.94. The van der Waals surface area contributed by atoms with Crippen LogP contribution in [-0.4, -0.2) is 69.9 Å². The molecule has 9 nitrogen and oxygen atoms in total. The van der Waals surface area contributed by atoms with Crippen LogP contribution in [0.25, 0.3) is 32.7 Å². The van der Waals surface area contributed by atoms with Gasteiger partial charge in [-0.3, -0.25) is 0 Å². The summed E-state index contributed by atoms with van der Waals surface area (Å²) >= 11 is 1.49. The molecule has 1 aromatic carbocycles. The maximum absolute atomic E-state index is 14.5.